The number of nitrogens with one attached hydrogen (secondary N) is 2. The van der Waals surface area contributed by atoms with Crippen molar-refractivity contribution in [1.29, 1.82) is 0 Å². The van der Waals surface area contributed by atoms with Crippen LogP contribution in [-0.2, 0) is 12.8 Å². The molecular formula is C18H19ClF2N2O. The highest BCUT2D eigenvalue weighted by Gasteiger charge is 2.14. The smallest absolute Gasteiger partial charge is 0.315 e. The van der Waals surface area contributed by atoms with E-state index in [2.05, 4.69) is 10.6 Å². The maximum Gasteiger partial charge on any atom is 0.315 e. The summed E-state index contributed by atoms with van der Waals surface area (Å²) in [6.07, 6.45) is 0.727. The summed E-state index contributed by atoms with van der Waals surface area (Å²) in [6, 6.07) is 10.3. The van der Waals surface area contributed by atoms with E-state index in [4.69, 9.17) is 11.6 Å². The summed E-state index contributed by atoms with van der Waals surface area (Å²) < 4.78 is 27.2. The van der Waals surface area contributed by atoms with Crippen LogP contribution in [0.2, 0.25) is 5.02 Å². The number of rotatable bonds is 6. The van der Waals surface area contributed by atoms with E-state index in [9.17, 15) is 13.6 Å². The van der Waals surface area contributed by atoms with Crippen LogP contribution in [-0.4, -0.2) is 18.6 Å². The molecular weight excluding hydrogens is 334 g/mol. The molecule has 2 N–H and O–H groups in total. The van der Waals surface area contributed by atoms with E-state index in [-0.39, 0.29) is 18.0 Å². The van der Waals surface area contributed by atoms with Gasteiger partial charge in [0.25, 0.3) is 0 Å². The van der Waals surface area contributed by atoms with Gasteiger partial charge in [-0.15, -0.1) is 0 Å². The van der Waals surface area contributed by atoms with Crippen LogP contribution in [0.5, 0.6) is 0 Å². The Kier molecular flexibility index (Phi) is 6.55. The highest BCUT2D eigenvalue weighted by molar-refractivity contribution is 6.30. The lowest BCUT2D eigenvalue weighted by molar-refractivity contribution is 0.237. The lowest BCUT2D eigenvalue weighted by Crippen LogP contribution is -2.42. The van der Waals surface area contributed by atoms with Crippen molar-refractivity contribution in [2.75, 3.05) is 6.54 Å². The first-order chi connectivity index (χ1) is 11.5. The molecule has 0 saturated heterocycles. The molecule has 128 valence electrons. The van der Waals surface area contributed by atoms with Crippen molar-refractivity contribution in [3.8, 4) is 0 Å². The summed E-state index contributed by atoms with van der Waals surface area (Å²) in [5, 5.41) is 6.04. The number of carbonyl (C=O) groups is 1. The number of carbonyl (C=O) groups excluding carboxylic acids is 1. The minimum absolute atomic E-state index is 0.0239. The van der Waals surface area contributed by atoms with Crippen LogP contribution in [0.4, 0.5) is 13.6 Å². The normalized spacial score (nSPS) is 11.8. The van der Waals surface area contributed by atoms with Gasteiger partial charge < -0.3 is 10.6 Å². The number of benzene rings is 2. The molecule has 0 radical (unpaired) electrons. The molecule has 2 aromatic rings. The van der Waals surface area contributed by atoms with E-state index in [0.29, 0.717) is 18.0 Å². The maximum atomic E-state index is 13.6. The van der Waals surface area contributed by atoms with E-state index < -0.39 is 17.7 Å². The molecule has 0 aliphatic heterocycles. The molecule has 0 spiro atoms. The second-order valence-corrected chi connectivity index (χ2v) is 6.02. The molecule has 3 nitrogen and oxygen atoms in total. The van der Waals surface area contributed by atoms with Crippen molar-refractivity contribution in [2.45, 2.75) is 25.8 Å². The molecule has 0 heterocycles. The Morgan fingerprint density at radius 3 is 2.50 bits per heavy atom. The first-order valence-electron chi connectivity index (χ1n) is 7.67. The molecule has 1 atom stereocenters. The van der Waals surface area contributed by atoms with Gasteiger partial charge in [-0.3, -0.25) is 0 Å². The lowest BCUT2D eigenvalue weighted by atomic mass is 10.1. The molecule has 1 unspecified atom stereocenters. The Labute approximate surface area is 145 Å². The SMILES string of the molecule is CC(Cc1c(F)cccc1F)NC(=O)NCCc1cccc(Cl)c1. The number of amides is 2. The Bertz CT molecular complexity index is 689. The Morgan fingerprint density at radius 1 is 1.17 bits per heavy atom. The van der Waals surface area contributed by atoms with Crippen LogP contribution in [0.1, 0.15) is 18.1 Å². The molecule has 0 aliphatic carbocycles. The predicted molar refractivity (Wildman–Crippen MR) is 91.2 cm³/mol. The third-order valence-corrected chi connectivity index (χ3v) is 3.77. The van der Waals surface area contributed by atoms with Gasteiger partial charge in [0.15, 0.2) is 0 Å². The molecule has 2 amide bonds. The monoisotopic (exact) mass is 352 g/mol. The van der Waals surface area contributed by atoms with Crippen LogP contribution < -0.4 is 10.6 Å². The van der Waals surface area contributed by atoms with Crippen molar-refractivity contribution < 1.29 is 13.6 Å². The Balaban J connectivity index is 1.77. The van der Waals surface area contributed by atoms with E-state index >= 15 is 0 Å². The second-order valence-electron chi connectivity index (χ2n) is 5.59. The quantitative estimate of drug-likeness (QED) is 0.807. The van der Waals surface area contributed by atoms with Crippen LogP contribution in [0.15, 0.2) is 42.5 Å². The van der Waals surface area contributed by atoms with E-state index in [1.54, 1.807) is 13.0 Å². The third-order valence-electron chi connectivity index (χ3n) is 3.54. The fourth-order valence-corrected chi connectivity index (χ4v) is 2.59. The summed E-state index contributed by atoms with van der Waals surface area (Å²) in [6.45, 7) is 2.13. The molecule has 0 aromatic heterocycles. The summed E-state index contributed by atoms with van der Waals surface area (Å²) >= 11 is 5.90. The highest BCUT2D eigenvalue weighted by Crippen LogP contribution is 2.14. The minimum atomic E-state index is -0.606. The molecule has 2 aromatic carbocycles. The van der Waals surface area contributed by atoms with Crippen molar-refractivity contribution in [3.05, 3.63) is 70.2 Å². The first kappa shape index (κ1) is 18.2. The zero-order chi connectivity index (χ0) is 17.5. The number of hydrogen-bond acceptors (Lipinski definition) is 1. The van der Waals surface area contributed by atoms with Gasteiger partial charge >= 0.3 is 6.03 Å². The lowest BCUT2D eigenvalue weighted by Gasteiger charge is -2.15. The largest absolute Gasteiger partial charge is 0.338 e. The van der Waals surface area contributed by atoms with E-state index in [0.717, 1.165) is 5.56 Å². The van der Waals surface area contributed by atoms with Gasteiger partial charge in [-0.25, -0.2) is 13.6 Å². The second kappa shape index (κ2) is 8.64. The van der Waals surface area contributed by atoms with Gasteiger partial charge in [0.2, 0.25) is 0 Å². The van der Waals surface area contributed by atoms with Crippen LogP contribution in [0, 0.1) is 11.6 Å². The average Bonchev–Trinajstić information content (AvgIpc) is 2.51. The maximum absolute atomic E-state index is 13.6. The third kappa shape index (κ3) is 5.49. The minimum Gasteiger partial charge on any atom is -0.338 e. The highest BCUT2D eigenvalue weighted by atomic mass is 35.5. The van der Waals surface area contributed by atoms with Crippen molar-refractivity contribution >= 4 is 17.6 Å². The van der Waals surface area contributed by atoms with Crippen molar-refractivity contribution in [1.82, 2.24) is 10.6 Å². The van der Waals surface area contributed by atoms with Crippen LogP contribution in [0.3, 0.4) is 0 Å². The molecule has 6 heteroatoms. The van der Waals surface area contributed by atoms with Gasteiger partial charge in [0, 0.05) is 23.2 Å². The van der Waals surface area contributed by atoms with Crippen molar-refractivity contribution in [2.24, 2.45) is 0 Å². The van der Waals surface area contributed by atoms with Crippen LogP contribution >= 0.6 is 11.6 Å². The predicted octanol–water partition coefficient (Wildman–Crippen LogP) is 4.09. The molecule has 0 fully saturated rings. The zero-order valence-corrected chi connectivity index (χ0v) is 14.0. The van der Waals surface area contributed by atoms with Crippen LogP contribution in [0.25, 0.3) is 0 Å². The molecule has 0 bridgehead atoms. The molecule has 2 rings (SSSR count). The summed E-state index contributed by atoms with van der Waals surface area (Å²) in [5.74, 6) is -1.21. The summed E-state index contributed by atoms with van der Waals surface area (Å²) in [5.41, 5.74) is 0.994. The topological polar surface area (TPSA) is 41.1 Å². The van der Waals surface area contributed by atoms with Gasteiger partial charge in [0.05, 0.1) is 0 Å². The van der Waals surface area contributed by atoms with Gasteiger partial charge in [-0.1, -0.05) is 29.8 Å². The summed E-state index contributed by atoms with van der Waals surface area (Å²) in [7, 11) is 0. The summed E-state index contributed by atoms with van der Waals surface area (Å²) in [4.78, 5) is 11.8. The average molecular weight is 353 g/mol. The standard InChI is InChI=1S/C18H19ClF2N2O/c1-12(10-15-16(20)6-3-7-17(15)21)23-18(24)22-9-8-13-4-2-5-14(19)11-13/h2-7,11-12H,8-10H2,1H3,(H2,22,23,24). The van der Waals surface area contributed by atoms with Crippen molar-refractivity contribution in [3.63, 3.8) is 0 Å². The van der Waals surface area contributed by atoms with Gasteiger partial charge in [-0.2, -0.15) is 0 Å². The molecule has 0 saturated carbocycles. The number of halogens is 3. The Hall–Kier alpha value is -2.14. The fourth-order valence-electron chi connectivity index (χ4n) is 2.37. The first-order valence-corrected chi connectivity index (χ1v) is 8.05. The van der Waals surface area contributed by atoms with Gasteiger partial charge in [-0.05, 0) is 49.6 Å². The Morgan fingerprint density at radius 2 is 1.83 bits per heavy atom. The number of urea groups is 1. The molecule has 0 aliphatic rings. The van der Waals surface area contributed by atoms with E-state index in [1.165, 1.54) is 18.2 Å². The van der Waals surface area contributed by atoms with E-state index in [1.807, 2.05) is 18.2 Å². The zero-order valence-electron chi connectivity index (χ0n) is 13.3. The number of hydrogen-bond donors (Lipinski definition) is 2. The molecule has 24 heavy (non-hydrogen) atoms. The van der Waals surface area contributed by atoms with Gasteiger partial charge in [0.1, 0.15) is 11.6 Å². The fraction of sp³-hybridized carbons (Fsp3) is 0.278.